The molecule has 0 saturated heterocycles. The molecule has 0 amide bonds. The van der Waals surface area contributed by atoms with Crippen molar-refractivity contribution in [3.63, 3.8) is 0 Å². The Labute approximate surface area is 111 Å². The molecular formula is C17H13NO. The van der Waals surface area contributed by atoms with Gasteiger partial charge >= 0.3 is 0 Å². The third kappa shape index (κ3) is 2.02. The van der Waals surface area contributed by atoms with Crippen LogP contribution < -0.4 is 0 Å². The van der Waals surface area contributed by atoms with Crippen LogP contribution in [0.3, 0.4) is 0 Å². The molecule has 0 radical (unpaired) electrons. The first-order chi connectivity index (χ1) is 9.27. The molecule has 0 spiro atoms. The van der Waals surface area contributed by atoms with E-state index in [0.29, 0.717) is 5.56 Å². The molecule has 0 aliphatic rings. The summed E-state index contributed by atoms with van der Waals surface area (Å²) in [4.78, 5) is 16.9. The highest BCUT2D eigenvalue weighted by Gasteiger charge is 2.14. The molecule has 0 atom stereocenters. The normalized spacial score (nSPS) is 10.6. The second kappa shape index (κ2) is 4.65. The first-order valence-electron chi connectivity index (χ1n) is 6.21. The van der Waals surface area contributed by atoms with E-state index >= 15 is 0 Å². The minimum Gasteiger partial charge on any atom is -0.289 e. The fraction of sp³-hybridized carbons (Fsp3) is 0.0588. The van der Waals surface area contributed by atoms with Gasteiger partial charge in [0.2, 0.25) is 0 Å². The van der Waals surface area contributed by atoms with Gasteiger partial charge in [-0.05, 0) is 24.6 Å². The lowest BCUT2D eigenvalue weighted by Gasteiger charge is -2.07. The average Bonchev–Trinajstić information content (AvgIpc) is 2.46. The van der Waals surface area contributed by atoms with E-state index in [0.717, 1.165) is 22.0 Å². The van der Waals surface area contributed by atoms with Gasteiger partial charge in [0, 0.05) is 22.7 Å². The highest BCUT2D eigenvalue weighted by molar-refractivity contribution is 6.16. The number of ketones is 1. The maximum absolute atomic E-state index is 12.7. The van der Waals surface area contributed by atoms with Gasteiger partial charge in [-0.2, -0.15) is 0 Å². The highest BCUT2D eigenvalue weighted by atomic mass is 16.1. The Bertz CT molecular complexity index is 757. The Hall–Kier alpha value is -2.48. The van der Waals surface area contributed by atoms with Crippen LogP contribution in [0, 0.1) is 6.92 Å². The van der Waals surface area contributed by atoms with Crippen LogP contribution >= 0.6 is 0 Å². The Morgan fingerprint density at radius 2 is 1.63 bits per heavy atom. The molecule has 2 nitrogen and oxygen atoms in total. The number of hydrogen-bond donors (Lipinski definition) is 0. The number of aromatic nitrogens is 1. The SMILES string of the molecule is Cc1ccccc1C(=O)c1ccnc2ccccc12. The van der Waals surface area contributed by atoms with Crippen LogP contribution in [0.25, 0.3) is 10.9 Å². The summed E-state index contributed by atoms with van der Waals surface area (Å²) in [6.45, 7) is 1.95. The van der Waals surface area contributed by atoms with Gasteiger partial charge in [-0.3, -0.25) is 9.78 Å². The molecule has 92 valence electrons. The van der Waals surface area contributed by atoms with E-state index < -0.39 is 0 Å². The van der Waals surface area contributed by atoms with Crippen LogP contribution in [-0.2, 0) is 0 Å². The summed E-state index contributed by atoms with van der Waals surface area (Å²) in [6, 6.07) is 17.2. The molecule has 1 aromatic heterocycles. The quantitative estimate of drug-likeness (QED) is 0.645. The van der Waals surface area contributed by atoms with Gasteiger partial charge < -0.3 is 0 Å². The number of benzene rings is 2. The number of carbonyl (C=O) groups is 1. The third-order valence-corrected chi connectivity index (χ3v) is 3.28. The standard InChI is InChI=1S/C17H13NO/c1-12-6-2-3-7-13(12)17(19)15-10-11-18-16-9-5-4-8-14(15)16/h2-11H,1H3. The van der Waals surface area contributed by atoms with Crippen molar-refractivity contribution in [1.29, 1.82) is 0 Å². The summed E-state index contributed by atoms with van der Waals surface area (Å²) >= 11 is 0. The molecular weight excluding hydrogens is 234 g/mol. The first kappa shape index (κ1) is 11.6. The van der Waals surface area contributed by atoms with Gasteiger partial charge in [-0.1, -0.05) is 42.5 Å². The molecule has 2 heteroatoms. The van der Waals surface area contributed by atoms with Crippen molar-refractivity contribution in [2.75, 3.05) is 0 Å². The van der Waals surface area contributed by atoms with Crippen molar-refractivity contribution in [1.82, 2.24) is 4.98 Å². The van der Waals surface area contributed by atoms with E-state index in [9.17, 15) is 4.79 Å². The largest absolute Gasteiger partial charge is 0.289 e. The molecule has 0 unspecified atom stereocenters. The molecule has 2 aromatic carbocycles. The molecule has 0 aliphatic heterocycles. The first-order valence-corrected chi connectivity index (χ1v) is 6.21. The van der Waals surface area contributed by atoms with Gasteiger partial charge in [0.15, 0.2) is 5.78 Å². The van der Waals surface area contributed by atoms with Crippen molar-refractivity contribution in [2.45, 2.75) is 6.92 Å². The topological polar surface area (TPSA) is 30.0 Å². The average molecular weight is 247 g/mol. The lowest BCUT2D eigenvalue weighted by molar-refractivity contribution is 0.103. The predicted octanol–water partition coefficient (Wildman–Crippen LogP) is 3.77. The van der Waals surface area contributed by atoms with Crippen LogP contribution in [0.5, 0.6) is 0 Å². The molecule has 19 heavy (non-hydrogen) atoms. The monoisotopic (exact) mass is 247 g/mol. The molecule has 0 saturated carbocycles. The molecule has 3 rings (SSSR count). The van der Waals surface area contributed by atoms with Crippen molar-refractivity contribution in [3.8, 4) is 0 Å². The number of para-hydroxylation sites is 1. The van der Waals surface area contributed by atoms with E-state index in [2.05, 4.69) is 4.98 Å². The number of rotatable bonds is 2. The maximum atomic E-state index is 12.7. The third-order valence-electron chi connectivity index (χ3n) is 3.28. The van der Waals surface area contributed by atoms with Gasteiger partial charge in [0.25, 0.3) is 0 Å². The van der Waals surface area contributed by atoms with Crippen molar-refractivity contribution in [3.05, 3.63) is 77.5 Å². The minimum atomic E-state index is 0.0525. The fourth-order valence-electron chi connectivity index (χ4n) is 2.27. The Balaban J connectivity index is 2.20. The summed E-state index contributed by atoms with van der Waals surface area (Å²) in [5.41, 5.74) is 3.30. The molecule has 0 aliphatic carbocycles. The fourth-order valence-corrected chi connectivity index (χ4v) is 2.27. The van der Waals surface area contributed by atoms with Gasteiger partial charge in [-0.25, -0.2) is 0 Å². The molecule has 0 fully saturated rings. The summed E-state index contributed by atoms with van der Waals surface area (Å²) < 4.78 is 0. The smallest absolute Gasteiger partial charge is 0.194 e. The van der Waals surface area contributed by atoms with Gasteiger partial charge in [-0.15, -0.1) is 0 Å². The second-order valence-corrected chi connectivity index (χ2v) is 4.52. The van der Waals surface area contributed by atoms with Gasteiger partial charge in [0.05, 0.1) is 5.52 Å². The lowest BCUT2D eigenvalue weighted by Crippen LogP contribution is -2.04. The van der Waals surface area contributed by atoms with Crippen molar-refractivity contribution >= 4 is 16.7 Å². The molecule has 0 bridgehead atoms. The van der Waals surface area contributed by atoms with Crippen molar-refractivity contribution in [2.24, 2.45) is 0 Å². The van der Waals surface area contributed by atoms with E-state index in [-0.39, 0.29) is 5.78 Å². The predicted molar refractivity (Wildman–Crippen MR) is 76.4 cm³/mol. The number of fused-ring (bicyclic) bond motifs is 1. The van der Waals surface area contributed by atoms with Crippen LogP contribution in [0.15, 0.2) is 60.8 Å². The van der Waals surface area contributed by atoms with Crippen LogP contribution in [-0.4, -0.2) is 10.8 Å². The Kier molecular flexibility index (Phi) is 2.84. The number of aryl methyl sites for hydroxylation is 1. The zero-order chi connectivity index (χ0) is 13.2. The molecule has 3 aromatic rings. The number of hydrogen-bond acceptors (Lipinski definition) is 2. The van der Waals surface area contributed by atoms with E-state index in [1.54, 1.807) is 12.3 Å². The zero-order valence-electron chi connectivity index (χ0n) is 10.6. The lowest BCUT2D eigenvalue weighted by atomic mass is 9.97. The summed E-state index contributed by atoms with van der Waals surface area (Å²) in [5.74, 6) is 0.0525. The van der Waals surface area contributed by atoms with Crippen molar-refractivity contribution < 1.29 is 4.79 Å². The molecule has 0 N–H and O–H groups in total. The summed E-state index contributed by atoms with van der Waals surface area (Å²) in [5, 5.41) is 0.901. The number of nitrogens with zero attached hydrogens (tertiary/aromatic N) is 1. The number of pyridine rings is 1. The molecule has 1 heterocycles. The minimum absolute atomic E-state index is 0.0525. The summed E-state index contributed by atoms with van der Waals surface area (Å²) in [7, 11) is 0. The second-order valence-electron chi connectivity index (χ2n) is 4.52. The summed E-state index contributed by atoms with van der Waals surface area (Å²) in [6.07, 6.45) is 1.69. The Morgan fingerprint density at radius 1 is 0.895 bits per heavy atom. The van der Waals surface area contributed by atoms with Gasteiger partial charge in [0.1, 0.15) is 0 Å². The van der Waals surface area contributed by atoms with E-state index in [1.165, 1.54) is 0 Å². The zero-order valence-corrected chi connectivity index (χ0v) is 10.6. The van der Waals surface area contributed by atoms with E-state index in [1.807, 2.05) is 55.5 Å². The van der Waals surface area contributed by atoms with Crippen LogP contribution in [0.1, 0.15) is 21.5 Å². The Morgan fingerprint density at radius 3 is 2.47 bits per heavy atom. The number of carbonyl (C=O) groups excluding carboxylic acids is 1. The van der Waals surface area contributed by atoms with Crippen LogP contribution in [0.2, 0.25) is 0 Å². The van der Waals surface area contributed by atoms with Crippen LogP contribution in [0.4, 0.5) is 0 Å². The maximum Gasteiger partial charge on any atom is 0.194 e. The van der Waals surface area contributed by atoms with E-state index in [4.69, 9.17) is 0 Å². The highest BCUT2D eigenvalue weighted by Crippen LogP contribution is 2.21.